The molecule has 2 heteroatoms. The Morgan fingerprint density at radius 2 is 0.854 bits per heavy atom. The van der Waals surface area contributed by atoms with Crippen molar-refractivity contribution in [3.8, 4) is 27.9 Å². The molecule has 0 aliphatic carbocycles. The largest absolute Gasteiger partial charge is 0.309 e. The zero-order valence-corrected chi connectivity index (χ0v) is 22.4. The Labute approximate surface area is 237 Å². The number of para-hydroxylation sites is 2. The molecular formula is C39H26FN. The van der Waals surface area contributed by atoms with E-state index in [0.717, 1.165) is 33.2 Å². The van der Waals surface area contributed by atoms with Gasteiger partial charge in [-0.3, -0.25) is 0 Å². The molecule has 0 unspecified atom stereocenters. The third-order valence-electron chi connectivity index (χ3n) is 8.36. The first-order valence-corrected chi connectivity index (χ1v) is 14.0. The van der Waals surface area contributed by atoms with E-state index in [4.69, 9.17) is 0 Å². The summed E-state index contributed by atoms with van der Waals surface area (Å²) in [5, 5.41) is 7.11. The molecule has 0 amide bonds. The molecule has 0 saturated carbocycles. The number of rotatable bonds is 4. The summed E-state index contributed by atoms with van der Waals surface area (Å²) in [5.74, 6) is 0. The van der Waals surface area contributed by atoms with Crippen molar-refractivity contribution in [1.29, 1.82) is 0 Å². The first-order valence-electron chi connectivity index (χ1n) is 14.0. The van der Waals surface area contributed by atoms with Crippen LogP contribution in [-0.4, -0.2) is 4.57 Å². The Hall–Kier alpha value is -5.21. The predicted molar refractivity (Wildman–Crippen MR) is 171 cm³/mol. The van der Waals surface area contributed by atoms with Gasteiger partial charge in [-0.25, -0.2) is 4.39 Å². The minimum Gasteiger partial charge on any atom is -0.309 e. The zero-order chi connectivity index (χ0) is 27.3. The molecule has 0 aliphatic heterocycles. The first kappa shape index (κ1) is 23.7. The molecule has 1 heterocycles. The molecule has 7 aromatic carbocycles. The van der Waals surface area contributed by atoms with Crippen LogP contribution in [0.5, 0.6) is 0 Å². The van der Waals surface area contributed by atoms with Gasteiger partial charge in [-0.1, -0.05) is 121 Å². The smallest absolute Gasteiger partial charge is 0.115 e. The second-order valence-corrected chi connectivity index (χ2v) is 10.5. The zero-order valence-electron chi connectivity index (χ0n) is 22.4. The highest BCUT2D eigenvalue weighted by atomic mass is 19.1. The lowest BCUT2D eigenvalue weighted by Gasteiger charge is -2.19. The number of aromatic nitrogens is 1. The summed E-state index contributed by atoms with van der Waals surface area (Å²) in [6.07, 6.45) is 0. The number of fused-ring (bicyclic) bond motifs is 5. The molecule has 0 radical (unpaired) electrons. The molecule has 41 heavy (non-hydrogen) atoms. The number of hydrogen-bond donors (Lipinski definition) is 0. The Kier molecular flexibility index (Phi) is 5.46. The van der Waals surface area contributed by atoms with E-state index in [2.05, 4.69) is 126 Å². The van der Waals surface area contributed by atoms with Gasteiger partial charge in [0.05, 0.1) is 11.0 Å². The Morgan fingerprint density at radius 1 is 0.415 bits per heavy atom. The average Bonchev–Trinajstić information content (AvgIpc) is 3.38. The van der Waals surface area contributed by atoms with Crippen molar-refractivity contribution in [3.05, 3.63) is 151 Å². The normalized spacial score (nSPS) is 11.6. The highest BCUT2D eigenvalue weighted by molar-refractivity contribution is 6.21. The van der Waals surface area contributed by atoms with Gasteiger partial charge in [0.25, 0.3) is 0 Å². The average molecular weight is 528 g/mol. The lowest BCUT2D eigenvalue weighted by Crippen LogP contribution is -1.95. The van der Waals surface area contributed by atoms with Gasteiger partial charge in [-0.2, -0.15) is 0 Å². The lowest BCUT2D eigenvalue weighted by atomic mass is 9.85. The number of hydrogen-bond acceptors (Lipinski definition) is 0. The second kappa shape index (κ2) is 9.46. The van der Waals surface area contributed by atoms with Crippen LogP contribution in [0.1, 0.15) is 5.56 Å². The molecule has 194 valence electrons. The molecule has 0 fully saturated rings. The maximum absolute atomic E-state index is 14.2. The monoisotopic (exact) mass is 527 g/mol. The van der Waals surface area contributed by atoms with E-state index in [1.54, 1.807) is 0 Å². The molecule has 0 N–H and O–H groups in total. The summed E-state index contributed by atoms with van der Waals surface area (Å²) in [4.78, 5) is 0. The molecule has 8 rings (SSSR count). The van der Waals surface area contributed by atoms with Crippen LogP contribution >= 0.6 is 0 Å². The van der Waals surface area contributed by atoms with Crippen LogP contribution in [0.2, 0.25) is 0 Å². The summed E-state index contributed by atoms with van der Waals surface area (Å²) in [6, 6.07) is 51.0. The highest BCUT2D eigenvalue weighted by Gasteiger charge is 2.18. The van der Waals surface area contributed by atoms with Crippen LogP contribution in [0.15, 0.2) is 146 Å². The Balaban J connectivity index is 1.38. The van der Waals surface area contributed by atoms with Crippen molar-refractivity contribution in [1.82, 2.24) is 4.57 Å². The minimum atomic E-state index is -0.495. The van der Waals surface area contributed by atoms with Gasteiger partial charge in [-0.05, 0) is 73.6 Å². The van der Waals surface area contributed by atoms with Gasteiger partial charge in [0.15, 0.2) is 0 Å². The molecule has 0 atom stereocenters. The third-order valence-corrected chi connectivity index (χ3v) is 8.36. The van der Waals surface area contributed by atoms with Gasteiger partial charge >= 0.3 is 0 Å². The summed E-state index contributed by atoms with van der Waals surface area (Å²) in [5.41, 5.74) is 8.66. The fraction of sp³-hybridized carbons (Fsp3) is 0.0256. The standard InChI is InChI=1S/C39H26FN/c40-25-27-11-1-2-12-29(27)39-34-17-5-3-15-32(34)38(33-16-4-6-18-35(33)39)26-21-23-28(24-22-26)41-36-19-9-7-13-30(36)31-14-8-10-20-37(31)41/h1-24H,25H2. The van der Waals surface area contributed by atoms with Gasteiger partial charge < -0.3 is 4.57 Å². The molecule has 1 aromatic heterocycles. The maximum Gasteiger partial charge on any atom is 0.115 e. The van der Waals surface area contributed by atoms with Gasteiger partial charge in [-0.15, -0.1) is 0 Å². The molecule has 0 aliphatic rings. The second-order valence-electron chi connectivity index (χ2n) is 10.5. The predicted octanol–water partition coefficient (Wildman–Crippen LogP) is 10.9. The topological polar surface area (TPSA) is 4.93 Å². The van der Waals surface area contributed by atoms with Crippen molar-refractivity contribution >= 4 is 43.4 Å². The number of alkyl halides is 1. The summed E-state index contributed by atoms with van der Waals surface area (Å²) < 4.78 is 16.5. The molecule has 0 saturated heterocycles. The van der Waals surface area contributed by atoms with Crippen LogP contribution in [-0.2, 0) is 6.67 Å². The first-order chi connectivity index (χ1) is 20.3. The molecule has 0 spiro atoms. The van der Waals surface area contributed by atoms with Crippen molar-refractivity contribution < 1.29 is 4.39 Å². The van der Waals surface area contributed by atoms with Crippen LogP contribution in [0.3, 0.4) is 0 Å². The molecule has 0 bridgehead atoms. The lowest BCUT2D eigenvalue weighted by molar-refractivity contribution is 0.486. The van der Waals surface area contributed by atoms with Crippen LogP contribution in [0.4, 0.5) is 4.39 Å². The van der Waals surface area contributed by atoms with Crippen molar-refractivity contribution in [2.75, 3.05) is 0 Å². The summed E-state index contributed by atoms with van der Waals surface area (Å²) in [7, 11) is 0. The van der Waals surface area contributed by atoms with Crippen LogP contribution in [0, 0.1) is 0 Å². The van der Waals surface area contributed by atoms with E-state index in [9.17, 15) is 4.39 Å². The van der Waals surface area contributed by atoms with Crippen molar-refractivity contribution in [2.24, 2.45) is 0 Å². The summed E-state index contributed by atoms with van der Waals surface area (Å²) >= 11 is 0. The van der Waals surface area contributed by atoms with Crippen molar-refractivity contribution in [2.45, 2.75) is 6.67 Å². The van der Waals surface area contributed by atoms with E-state index in [1.165, 1.54) is 38.1 Å². The molecular weight excluding hydrogens is 501 g/mol. The van der Waals surface area contributed by atoms with Gasteiger partial charge in [0.1, 0.15) is 6.67 Å². The maximum atomic E-state index is 14.2. The number of nitrogens with zero attached hydrogens (tertiary/aromatic N) is 1. The quantitative estimate of drug-likeness (QED) is 0.201. The fourth-order valence-corrected chi connectivity index (χ4v) is 6.59. The summed E-state index contributed by atoms with van der Waals surface area (Å²) in [6.45, 7) is -0.495. The number of halogens is 1. The van der Waals surface area contributed by atoms with E-state index in [1.807, 2.05) is 24.3 Å². The Bertz CT molecular complexity index is 2130. The highest BCUT2D eigenvalue weighted by Crippen LogP contribution is 2.44. The van der Waals surface area contributed by atoms with E-state index in [0.29, 0.717) is 5.56 Å². The van der Waals surface area contributed by atoms with E-state index in [-0.39, 0.29) is 0 Å². The SMILES string of the molecule is FCc1ccccc1-c1c2ccccc2c(-c2ccc(-n3c4ccccc4c4ccccc43)cc2)c2ccccc12. The third kappa shape index (κ3) is 3.61. The van der Waals surface area contributed by atoms with Crippen molar-refractivity contribution in [3.63, 3.8) is 0 Å². The fourth-order valence-electron chi connectivity index (χ4n) is 6.59. The van der Waals surface area contributed by atoms with Crippen LogP contribution < -0.4 is 0 Å². The van der Waals surface area contributed by atoms with Crippen LogP contribution in [0.25, 0.3) is 71.3 Å². The Morgan fingerprint density at radius 3 is 1.39 bits per heavy atom. The molecule has 1 nitrogen and oxygen atoms in total. The van der Waals surface area contributed by atoms with Gasteiger partial charge in [0, 0.05) is 16.5 Å². The number of benzene rings is 7. The van der Waals surface area contributed by atoms with Gasteiger partial charge in [0.2, 0.25) is 0 Å². The molecule has 8 aromatic rings. The van der Waals surface area contributed by atoms with E-state index >= 15 is 0 Å². The minimum absolute atomic E-state index is 0.495. The van der Waals surface area contributed by atoms with E-state index < -0.39 is 6.67 Å².